The van der Waals surface area contributed by atoms with Crippen molar-refractivity contribution in [2.24, 2.45) is 0 Å². The summed E-state index contributed by atoms with van der Waals surface area (Å²) >= 11 is 4.54. The fourth-order valence-electron chi connectivity index (χ4n) is 5.56. The van der Waals surface area contributed by atoms with Gasteiger partial charge in [-0.05, 0) is 171 Å². The number of halogens is 13. The van der Waals surface area contributed by atoms with Crippen LogP contribution in [0.25, 0.3) is 0 Å². The van der Waals surface area contributed by atoms with Crippen LogP contribution in [-0.2, 0) is 10.1 Å². The van der Waals surface area contributed by atoms with E-state index in [0.29, 0.717) is 32.3 Å². The lowest BCUT2D eigenvalue weighted by molar-refractivity contribution is -0.598. The molecular formula is C48H56BrF10I2NO3S3. The third-order valence-electron chi connectivity index (χ3n) is 8.49. The first-order chi connectivity index (χ1) is 30.6. The molecule has 6 aromatic carbocycles. The van der Waals surface area contributed by atoms with Gasteiger partial charge >= 0.3 is 41.7 Å². The Morgan fingerprint density at radius 2 is 0.882 bits per heavy atom. The van der Waals surface area contributed by atoms with Gasteiger partial charge in [0.2, 0.25) is 0 Å². The first-order valence-corrected chi connectivity index (χ1v) is 29.5. The Hall–Kier alpha value is -2.87. The molecule has 0 bridgehead atoms. The monoisotopic (exact) mass is 1310 g/mol. The smallest absolute Gasteiger partial charge is 0.358 e. The molecule has 0 heterocycles. The number of hydrogen-bond donors (Lipinski definition) is 1. The minimum atomic E-state index is -9.47. The molecule has 380 valence electrons. The van der Waals surface area contributed by atoms with Crippen LogP contribution in [-0.4, -0.2) is 26.6 Å². The highest BCUT2D eigenvalue weighted by molar-refractivity contribution is 14.1. The van der Waals surface area contributed by atoms with E-state index in [2.05, 4.69) is 131 Å². The van der Waals surface area contributed by atoms with Crippen LogP contribution in [0.4, 0.5) is 38.9 Å². The Bertz CT molecular complexity index is 2510. The van der Waals surface area contributed by atoms with E-state index in [1.54, 1.807) is 38.3 Å². The van der Waals surface area contributed by atoms with Crippen LogP contribution >= 0.6 is 59.0 Å². The minimum absolute atomic E-state index is 0.0403. The molecule has 0 aliphatic rings. The summed E-state index contributed by atoms with van der Waals surface area (Å²) in [6, 6.07) is 31.3. The lowest BCUT2D eigenvalue weighted by Crippen LogP contribution is -3.62. The summed E-state index contributed by atoms with van der Waals surface area (Å²) in [6.07, 6.45) is 1.23. The Morgan fingerprint density at radius 3 is 1.19 bits per heavy atom. The first kappa shape index (κ1) is 63.1. The van der Waals surface area contributed by atoms with Crippen LogP contribution in [0.1, 0.15) is 57.9 Å². The van der Waals surface area contributed by atoms with Gasteiger partial charge in [0.1, 0.15) is 19.9 Å². The molecular weight excluding hydrogens is 1260 g/mol. The summed E-state index contributed by atoms with van der Waals surface area (Å²) in [5.41, 5.74) is 10.6. The number of aryl methyl sites for hydroxylation is 8. The van der Waals surface area contributed by atoms with Gasteiger partial charge in [0.25, 0.3) is 0 Å². The molecule has 20 heteroatoms. The topological polar surface area (TPSA) is 69.2 Å². The fourth-order valence-corrected chi connectivity index (χ4v) is 10.5. The summed E-state index contributed by atoms with van der Waals surface area (Å²) in [7, 11) is -21.2. The van der Waals surface area contributed by atoms with Gasteiger partial charge in [-0.2, -0.15) is 0 Å². The van der Waals surface area contributed by atoms with Gasteiger partial charge in [0.05, 0.1) is 4.90 Å². The van der Waals surface area contributed by atoms with Crippen molar-refractivity contribution >= 4 is 69.1 Å². The zero-order valence-corrected chi connectivity index (χ0v) is 47.3. The van der Waals surface area contributed by atoms with Crippen molar-refractivity contribution in [1.82, 2.24) is 5.32 Å². The predicted molar refractivity (Wildman–Crippen MR) is 269 cm³/mol. The van der Waals surface area contributed by atoms with Gasteiger partial charge in [0, 0.05) is 19.2 Å². The van der Waals surface area contributed by atoms with Gasteiger partial charge in [-0.15, -0.1) is 0 Å². The first-order valence-electron chi connectivity index (χ1n) is 20.1. The Kier molecular flexibility index (Phi) is 22.3. The molecule has 0 aromatic heterocycles. The predicted octanol–water partition coefficient (Wildman–Crippen LogP) is 15.2. The molecule has 0 amide bonds. The Balaban J connectivity index is 0.000000420. The number of benzene rings is 6. The molecule has 0 saturated carbocycles. The van der Waals surface area contributed by atoms with Gasteiger partial charge in [-0.1, -0.05) is 150 Å². The highest BCUT2D eigenvalue weighted by Gasteiger charge is 2.66. The highest BCUT2D eigenvalue weighted by atomic mass is 127. The van der Waals surface area contributed by atoms with E-state index >= 15 is 0 Å². The quantitative estimate of drug-likeness (QED) is 0.0982. The van der Waals surface area contributed by atoms with Crippen LogP contribution in [0.2, 0.25) is 0 Å². The number of rotatable bonds is 7. The van der Waals surface area contributed by atoms with E-state index in [1.165, 1.54) is 61.1 Å². The third kappa shape index (κ3) is 25.8. The largest absolute Gasteiger partial charge is 0.744 e. The van der Waals surface area contributed by atoms with Crippen LogP contribution in [0.5, 0.6) is 0 Å². The lowest BCUT2D eigenvalue weighted by Gasteiger charge is -2.40. The molecule has 0 spiro atoms. The van der Waals surface area contributed by atoms with E-state index in [1.807, 2.05) is 14.0 Å². The van der Waals surface area contributed by atoms with Gasteiger partial charge in [0.15, 0.2) is 7.14 Å². The maximum absolute atomic E-state index is 12.1. The van der Waals surface area contributed by atoms with Gasteiger partial charge in [-0.25, -0.2) is 8.42 Å². The van der Waals surface area contributed by atoms with Crippen molar-refractivity contribution in [1.29, 1.82) is 0 Å². The van der Waals surface area contributed by atoms with Crippen molar-refractivity contribution in [3.05, 3.63) is 187 Å². The van der Waals surface area contributed by atoms with E-state index in [0.717, 1.165) is 36.4 Å². The van der Waals surface area contributed by atoms with E-state index in [9.17, 15) is 51.8 Å². The van der Waals surface area contributed by atoms with E-state index in [4.69, 9.17) is 0 Å². The maximum atomic E-state index is 12.1. The lowest BCUT2D eigenvalue weighted by atomic mass is 10.1. The molecule has 0 atom stereocenters. The van der Waals surface area contributed by atoms with Crippen molar-refractivity contribution in [3.63, 3.8) is 0 Å². The SMILES string of the molecule is CCCNC.Cc1cc(C)cc(C)c1.Cc1ccc(S(=O)(=O)[O-])cc1.Cc1ccc([I+]c2c(C)cc(C)cc2C)cc1.FS(F)(F)(F)(F)c1ccc(Br)cc1.FS(F)(F)(F)(F)c1ccc(I)cc1. The fraction of sp³-hybridized carbons (Fsp3) is 0.250. The van der Waals surface area contributed by atoms with Crippen LogP contribution in [0.3, 0.4) is 0 Å². The van der Waals surface area contributed by atoms with Gasteiger partial charge in [-0.3, -0.25) is 0 Å². The normalized spacial score (nSPS) is 13.2. The summed E-state index contributed by atoms with van der Waals surface area (Å²) in [5.74, 6) is 0. The maximum Gasteiger partial charge on any atom is 0.358 e. The van der Waals surface area contributed by atoms with Crippen LogP contribution in [0.15, 0.2) is 147 Å². The van der Waals surface area contributed by atoms with Crippen LogP contribution < -0.4 is 26.5 Å². The standard InChI is InChI=1S/C16H18I.C9H12.C7H8O3S.C6H4BrF5S.C6H4F5IS.C4H11N/c1-11-5-7-15(8-6-11)17-16-13(3)9-12(2)10-14(16)4;1-7-4-8(2)6-9(3)5-7;1-6-2-4-7(5-3-6)11(8,9)10;7-5-1-3-6(4-2-5)13(8,9,10,11)12;7-13(8,9,10,11)6-3-1-5(12)2-4-6;1-3-4-5-2/h5-10H,1-4H3;4-6H,1-3H3;2-5H,1H3,(H,8,9,10);2*1-4H;5H,3-4H2,1-2H3/q+1;;;;;/p-1. The molecule has 68 heavy (non-hydrogen) atoms. The molecule has 0 radical (unpaired) electrons. The molecule has 0 fully saturated rings. The van der Waals surface area contributed by atoms with E-state index < -0.39 is 40.4 Å². The second kappa shape index (κ2) is 24.0. The average Bonchev–Trinajstić information content (AvgIpc) is 3.16. The summed E-state index contributed by atoms with van der Waals surface area (Å²) in [4.78, 5) is -3.90. The van der Waals surface area contributed by atoms with Crippen molar-refractivity contribution < 1.29 is 73.0 Å². The molecule has 6 rings (SSSR count). The second-order valence-electron chi connectivity index (χ2n) is 15.5. The molecule has 1 N–H and O–H groups in total. The zero-order chi connectivity index (χ0) is 52.7. The Labute approximate surface area is 427 Å². The molecule has 0 saturated heterocycles. The molecule has 6 aromatic rings. The summed E-state index contributed by atoms with van der Waals surface area (Å²) in [6.45, 7) is 20.3. The van der Waals surface area contributed by atoms with Crippen molar-refractivity contribution in [2.45, 2.75) is 83.4 Å². The molecule has 0 unspecified atom stereocenters. The highest BCUT2D eigenvalue weighted by Crippen LogP contribution is 3.02. The molecule has 4 nitrogen and oxygen atoms in total. The van der Waals surface area contributed by atoms with Gasteiger partial charge < -0.3 is 9.87 Å². The van der Waals surface area contributed by atoms with E-state index in [-0.39, 0.29) is 26.1 Å². The zero-order valence-electron chi connectivity index (χ0n) is 38.9. The molecule has 0 aliphatic heterocycles. The average molecular weight is 1310 g/mol. The van der Waals surface area contributed by atoms with Crippen molar-refractivity contribution in [2.75, 3.05) is 13.6 Å². The number of hydrogen-bond acceptors (Lipinski definition) is 4. The Morgan fingerprint density at radius 1 is 0.544 bits per heavy atom. The molecule has 0 aliphatic carbocycles. The van der Waals surface area contributed by atoms with Crippen LogP contribution in [0, 0.1) is 66.1 Å². The number of nitrogens with one attached hydrogen (secondary N) is 1. The summed E-state index contributed by atoms with van der Waals surface area (Å²) in [5, 5.41) is 3.02. The third-order valence-corrected chi connectivity index (χ3v) is 16.5. The minimum Gasteiger partial charge on any atom is -0.744 e. The van der Waals surface area contributed by atoms with Crippen molar-refractivity contribution in [3.8, 4) is 0 Å². The summed E-state index contributed by atoms with van der Waals surface area (Å²) < 4.78 is 156. The second-order valence-corrected chi connectivity index (χ2v) is 26.7.